The van der Waals surface area contributed by atoms with E-state index in [1.807, 2.05) is 31.3 Å². The standard InChI is InChI=1S/C22H25F2N5.HI/c1-2-25-22(28-15-18-14-19(23)8-9-20(18)24)27-11-10-21-26-12-13-29(21)16-17-6-4-3-5-7-17;/h3-9,12-14H,2,10-11,15-16H2,1H3,(H2,25,27,28);1H. The first kappa shape index (κ1) is 23.8. The normalized spacial score (nSPS) is 11.1. The summed E-state index contributed by atoms with van der Waals surface area (Å²) in [6.07, 6.45) is 4.47. The molecular formula is C22H26F2IN5. The predicted octanol–water partition coefficient (Wildman–Crippen LogP) is 4.13. The number of aliphatic imine (C=N–C) groups is 1. The molecule has 1 heterocycles. The van der Waals surface area contributed by atoms with E-state index in [2.05, 4.69) is 37.3 Å². The molecule has 0 saturated carbocycles. The number of hydrogen-bond acceptors (Lipinski definition) is 2. The Morgan fingerprint density at radius 1 is 1.10 bits per heavy atom. The van der Waals surface area contributed by atoms with Crippen LogP contribution in [0.15, 0.2) is 65.9 Å². The summed E-state index contributed by atoms with van der Waals surface area (Å²) >= 11 is 0. The van der Waals surface area contributed by atoms with Gasteiger partial charge < -0.3 is 15.2 Å². The van der Waals surface area contributed by atoms with Gasteiger partial charge in [-0.1, -0.05) is 30.3 Å². The molecule has 2 N–H and O–H groups in total. The van der Waals surface area contributed by atoms with E-state index in [4.69, 9.17) is 0 Å². The van der Waals surface area contributed by atoms with E-state index in [1.165, 1.54) is 11.6 Å². The van der Waals surface area contributed by atoms with E-state index in [-0.39, 0.29) is 36.1 Å². The summed E-state index contributed by atoms with van der Waals surface area (Å²) < 4.78 is 29.2. The van der Waals surface area contributed by atoms with Crippen LogP contribution in [0.3, 0.4) is 0 Å². The van der Waals surface area contributed by atoms with Crippen molar-refractivity contribution in [3.63, 3.8) is 0 Å². The van der Waals surface area contributed by atoms with Crippen molar-refractivity contribution in [2.24, 2.45) is 4.99 Å². The zero-order valence-electron chi connectivity index (χ0n) is 16.8. The lowest BCUT2D eigenvalue weighted by Gasteiger charge is -2.12. The van der Waals surface area contributed by atoms with Crippen LogP contribution in [0.4, 0.5) is 8.78 Å². The van der Waals surface area contributed by atoms with Crippen molar-refractivity contribution in [1.82, 2.24) is 20.2 Å². The number of benzene rings is 2. The highest BCUT2D eigenvalue weighted by Gasteiger charge is 2.06. The Labute approximate surface area is 192 Å². The van der Waals surface area contributed by atoms with Gasteiger partial charge in [0.2, 0.25) is 0 Å². The van der Waals surface area contributed by atoms with Gasteiger partial charge in [-0.15, -0.1) is 24.0 Å². The Hall–Kier alpha value is -2.49. The molecule has 3 rings (SSSR count). The van der Waals surface area contributed by atoms with Crippen molar-refractivity contribution in [3.05, 3.63) is 89.5 Å². The molecule has 0 fully saturated rings. The van der Waals surface area contributed by atoms with Gasteiger partial charge in [0, 0.05) is 44.0 Å². The van der Waals surface area contributed by atoms with Crippen LogP contribution in [0.2, 0.25) is 0 Å². The third-order valence-electron chi connectivity index (χ3n) is 4.40. The van der Waals surface area contributed by atoms with Crippen LogP contribution in [0.25, 0.3) is 0 Å². The maximum Gasteiger partial charge on any atom is 0.191 e. The fourth-order valence-corrected chi connectivity index (χ4v) is 2.96. The van der Waals surface area contributed by atoms with Gasteiger partial charge in [-0.2, -0.15) is 0 Å². The summed E-state index contributed by atoms with van der Waals surface area (Å²) in [6.45, 7) is 4.06. The van der Waals surface area contributed by atoms with Crippen molar-refractivity contribution in [3.8, 4) is 0 Å². The summed E-state index contributed by atoms with van der Waals surface area (Å²) in [4.78, 5) is 8.80. The molecule has 0 aliphatic heterocycles. The van der Waals surface area contributed by atoms with Crippen LogP contribution in [0, 0.1) is 11.6 Å². The highest BCUT2D eigenvalue weighted by Crippen LogP contribution is 2.10. The van der Waals surface area contributed by atoms with E-state index in [0.717, 1.165) is 24.5 Å². The van der Waals surface area contributed by atoms with Crippen LogP contribution in [0.1, 0.15) is 23.9 Å². The second kappa shape index (κ2) is 12.3. The lowest BCUT2D eigenvalue weighted by molar-refractivity contribution is 0.585. The first-order valence-electron chi connectivity index (χ1n) is 9.65. The third kappa shape index (κ3) is 7.08. The molecule has 0 atom stereocenters. The van der Waals surface area contributed by atoms with Gasteiger partial charge in [0.15, 0.2) is 5.96 Å². The molecule has 0 amide bonds. The van der Waals surface area contributed by atoms with Crippen LogP contribution < -0.4 is 10.6 Å². The van der Waals surface area contributed by atoms with Crippen molar-refractivity contribution in [1.29, 1.82) is 0 Å². The quantitative estimate of drug-likeness (QED) is 0.264. The molecule has 5 nitrogen and oxygen atoms in total. The van der Waals surface area contributed by atoms with Crippen LogP contribution in [-0.4, -0.2) is 28.6 Å². The van der Waals surface area contributed by atoms with E-state index in [9.17, 15) is 8.78 Å². The number of imidazole rings is 1. The second-order valence-corrected chi connectivity index (χ2v) is 6.56. The Morgan fingerprint density at radius 3 is 2.67 bits per heavy atom. The number of halogens is 3. The molecule has 0 aliphatic carbocycles. The minimum absolute atomic E-state index is 0. The fraction of sp³-hybridized carbons (Fsp3) is 0.273. The molecule has 160 valence electrons. The van der Waals surface area contributed by atoms with Crippen molar-refractivity contribution >= 4 is 29.9 Å². The van der Waals surface area contributed by atoms with E-state index < -0.39 is 11.6 Å². The molecule has 0 aliphatic rings. The van der Waals surface area contributed by atoms with Crippen molar-refractivity contribution < 1.29 is 8.78 Å². The molecule has 3 aromatic rings. The van der Waals surface area contributed by atoms with E-state index >= 15 is 0 Å². The molecule has 0 unspecified atom stereocenters. The molecule has 30 heavy (non-hydrogen) atoms. The predicted molar refractivity (Wildman–Crippen MR) is 126 cm³/mol. The molecule has 2 aromatic carbocycles. The SMILES string of the molecule is CCNC(=NCc1cc(F)ccc1F)NCCc1nccn1Cc1ccccc1.I. The molecule has 1 aromatic heterocycles. The van der Waals surface area contributed by atoms with Crippen LogP contribution >= 0.6 is 24.0 Å². The molecule has 0 bridgehead atoms. The first-order valence-corrected chi connectivity index (χ1v) is 9.65. The van der Waals surface area contributed by atoms with Gasteiger partial charge >= 0.3 is 0 Å². The van der Waals surface area contributed by atoms with Gasteiger partial charge in [-0.05, 0) is 30.7 Å². The Kier molecular flexibility index (Phi) is 9.72. The molecule has 0 saturated heterocycles. The second-order valence-electron chi connectivity index (χ2n) is 6.56. The Morgan fingerprint density at radius 2 is 1.90 bits per heavy atom. The third-order valence-corrected chi connectivity index (χ3v) is 4.40. The minimum atomic E-state index is -0.472. The monoisotopic (exact) mass is 525 g/mol. The largest absolute Gasteiger partial charge is 0.357 e. The van der Waals surface area contributed by atoms with E-state index in [1.54, 1.807) is 6.20 Å². The Bertz CT molecular complexity index is 944. The van der Waals surface area contributed by atoms with Gasteiger partial charge in [0.1, 0.15) is 17.5 Å². The van der Waals surface area contributed by atoms with E-state index in [0.29, 0.717) is 25.5 Å². The molecular weight excluding hydrogens is 499 g/mol. The zero-order valence-corrected chi connectivity index (χ0v) is 19.1. The topological polar surface area (TPSA) is 54.2 Å². The maximum atomic E-state index is 13.8. The average Bonchev–Trinajstić information content (AvgIpc) is 3.16. The fourth-order valence-electron chi connectivity index (χ4n) is 2.96. The van der Waals surface area contributed by atoms with Gasteiger partial charge in [0.05, 0.1) is 6.54 Å². The van der Waals surface area contributed by atoms with Gasteiger partial charge in [-0.3, -0.25) is 0 Å². The summed E-state index contributed by atoms with van der Waals surface area (Å²) in [6, 6.07) is 13.6. The van der Waals surface area contributed by atoms with Crippen LogP contribution in [0.5, 0.6) is 0 Å². The number of rotatable bonds is 8. The zero-order chi connectivity index (χ0) is 20.5. The highest BCUT2D eigenvalue weighted by atomic mass is 127. The first-order chi connectivity index (χ1) is 14.2. The summed E-state index contributed by atoms with van der Waals surface area (Å²) in [5, 5.41) is 6.34. The Balaban J connectivity index is 0.00000320. The number of aromatic nitrogens is 2. The lowest BCUT2D eigenvalue weighted by Crippen LogP contribution is -2.38. The summed E-state index contributed by atoms with van der Waals surface area (Å²) in [7, 11) is 0. The average molecular weight is 525 g/mol. The van der Waals surface area contributed by atoms with Crippen molar-refractivity contribution in [2.75, 3.05) is 13.1 Å². The smallest absolute Gasteiger partial charge is 0.191 e. The summed E-state index contributed by atoms with van der Waals surface area (Å²) in [5.74, 6) is 0.583. The number of nitrogens with zero attached hydrogens (tertiary/aromatic N) is 3. The minimum Gasteiger partial charge on any atom is -0.357 e. The summed E-state index contributed by atoms with van der Waals surface area (Å²) in [5.41, 5.74) is 1.44. The highest BCUT2D eigenvalue weighted by molar-refractivity contribution is 14.0. The number of guanidine groups is 1. The van der Waals surface area contributed by atoms with Gasteiger partial charge in [-0.25, -0.2) is 18.8 Å². The van der Waals surface area contributed by atoms with Crippen LogP contribution in [-0.2, 0) is 19.5 Å². The lowest BCUT2D eigenvalue weighted by atomic mass is 10.2. The van der Waals surface area contributed by atoms with Gasteiger partial charge in [0.25, 0.3) is 0 Å². The molecule has 8 heteroatoms. The maximum absolute atomic E-state index is 13.8. The molecule has 0 radical (unpaired) electrons. The number of nitrogens with one attached hydrogen (secondary N) is 2. The van der Waals surface area contributed by atoms with Crippen molar-refractivity contribution in [2.45, 2.75) is 26.4 Å². The number of hydrogen-bond donors (Lipinski definition) is 2. The molecule has 0 spiro atoms.